The van der Waals surface area contributed by atoms with E-state index in [9.17, 15) is 10.1 Å². The number of benzene rings is 2. The van der Waals surface area contributed by atoms with Crippen molar-refractivity contribution in [1.29, 1.82) is 0 Å². The van der Waals surface area contributed by atoms with Crippen LogP contribution >= 0.6 is 34.2 Å². The second kappa shape index (κ2) is 6.41. The molecule has 2 rings (SSSR count). The molecule has 0 saturated carbocycles. The Bertz CT molecular complexity index is 649. The molecular formula is C14H12ClIN2O2. The van der Waals surface area contributed by atoms with Gasteiger partial charge in [-0.2, -0.15) is 0 Å². The number of anilines is 1. The average Bonchev–Trinajstić information content (AvgIpc) is 2.38. The molecule has 0 radical (unpaired) electrons. The number of hydrogen-bond acceptors (Lipinski definition) is 3. The van der Waals surface area contributed by atoms with Crippen LogP contribution in [-0.2, 0) is 0 Å². The SMILES string of the molecule is CC(Nc1ccc([N+](=O)[O-])c(I)c1)c1ccccc1Cl. The van der Waals surface area contributed by atoms with Gasteiger partial charge in [0.25, 0.3) is 5.69 Å². The van der Waals surface area contributed by atoms with E-state index in [1.54, 1.807) is 12.1 Å². The van der Waals surface area contributed by atoms with Crippen molar-refractivity contribution >= 4 is 45.6 Å². The van der Waals surface area contributed by atoms with Gasteiger partial charge in [-0.3, -0.25) is 10.1 Å². The zero-order valence-electron chi connectivity index (χ0n) is 10.6. The van der Waals surface area contributed by atoms with Gasteiger partial charge in [0.05, 0.1) is 8.49 Å². The monoisotopic (exact) mass is 402 g/mol. The van der Waals surface area contributed by atoms with Crippen molar-refractivity contribution in [1.82, 2.24) is 0 Å². The fraction of sp³-hybridized carbons (Fsp3) is 0.143. The lowest BCUT2D eigenvalue weighted by Crippen LogP contribution is -2.07. The Kier molecular flexibility index (Phi) is 4.82. The maximum atomic E-state index is 10.8. The molecule has 2 aromatic rings. The van der Waals surface area contributed by atoms with Gasteiger partial charge in [-0.05, 0) is 53.3 Å². The van der Waals surface area contributed by atoms with Gasteiger partial charge in [0, 0.05) is 22.8 Å². The zero-order valence-corrected chi connectivity index (χ0v) is 13.6. The quantitative estimate of drug-likeness (QED) is 0.443. The molecule has 1 N–H and O–H groups in total. The Morgan fingerprint density at radius 1 is 1.30 bits per heavy atom. The summed E-state index contributed by atoms with van der Waals surface area (Å²) in [5.41, 5.74) is 1.93. The number of nitrogens with zero attached hydrogens (tertiary/aromatic N) is 1. The molecule has 0 fully saturated rings. The number of hydrogen-bond donors (Lipinski definition) is 1. The van der Waals surface area contributed by atoms with Crippen molar-refractivity contribution in [2.45, 2.75) is 13.0 Å². The van der Waals surface area contributed by atoms with Crippen molar-refractivity contribution in [3.63, 3.8) is 0 Å². The maximum absolute atomic E-state index is 10.8. The van der Waals surface area contributed by atoms with E-state index in [1.165, 1.54) is 6.07 Å². The largest absolute Gasteiger partial charge is 0.378 e. The molecule has 0 spiro atoms. The normalized spacial score (nSPS) is 11.9. The van der Waals surface area contributed by atoms with Crippen LogP contribution in [0.1, 0.15) is 18.5 Å². The molecule has 0 aliphatic rings. The highest BCUT2D eigenvalue weighted by Gasteiger charge is 2.13. The second-order valence-corrected chi connectivity index (χ2v) is 5.88. The topological polar surface area (TPSA) is 55.2 Å². The Balaban J connectivity index is 2.20. The van der Waals surface area contributed by atoms with Gasteiger partial charge >= 0.3 is 0 Å². The van der Waals surface area contributed by atoms with Crippen LogP contribution in [0, 0.1) is 13.7 Å². The third-order valence-electron chi connectivity index (χ3n) is 2.90. The molecule has 1 unspecified atom stereocenters. The van der Waals surface area contributed by atoms with Gasteiger partial charge in [0.1, 0.15) is 0 Å². The molecule has 0 saturated heterocycles. The summed E-state index contributed by atoms with van der Waals surface area (Å²) in [7, 11) is 0. The summed E-state index contributed by atoms with van der Waals surface area (Å²) in [5, 5.41) is 14.8. The minimum absolute atomic E-state index is 0.0148. The van der Waals surface area contributed by atoms with E-state index < -0.39 is 0 Å². The molecule has 1 atom stereocenters. The first-order chi connectivity index (χ1) is 9.49. The van der Waals surface area contributed by atoms with Gasteiger partial charge in [-0.25, -0.2) is 0 Å². The van der Waals surface area contributed by atoms with Crippen LogP contribution in [0.2, 0.25) is 5.02 Å². The fourth-order valence-corrected chi connectivity index (χ4v) is 2.91. The van der Waals surface area contributed by atoms with Crippen molar-refractivity contribution < 1.29 is 4.92 Å². The van der Waals surface area contributed by atoms with E-state index in [4.69, 9.17) is 11.6 Å². The molecule has 6 heteroatoms. The molecule has 0 aliphatic carbocycles. The average molecular weight is 403 g/mol. The molecule has 0 aromatic heterocycles. The summed E-state index contributed by atoms with van der Waals surface area (Å²) in [5.74, 6) is 0. The lowest BCUT2D eigenvalue weighted by molar-refractivity contribution is -0.385. The van der Waals surface area contributed by atoms with Crippen molar-refractivity contribution in [2.24, 2.45) is 0 Å². The molecule has 0 heterocycles. The molecule has 104 valence electrons. The predicted molar refractivity (Wildman–Crippen MR) is 89.3 cm³/mol. The Hall–Kier alpha value is -1.34. The number of nitro groups is 1. The minimum atomic E-state index is -0.386. The van der Waals surface area contributed by atoms with Gasteiger partial charge in [-0.1, -0.05) is 29.8 Å². The van der Waals surface area contributed by atoms with Crippen LogP contribution in [0.4, 0.5) is 11.4 Å². The molecule has 4 nitrogen and oxygen atoms in total. The smallest absolute Gasteiger partial charge is 0.282 e. The second-order valence-electron chi connectivity index (χ2n) is 4.31. The van der Waals surface area contributed by atoms with Gasteiger partial charge < -0.3 is 5.32 Å². The summed E-state index contributed by atoms with van der Waals surface area (Å²) in [6.45, 7) is 2.00. The highest BCUT2D eigenvalue weighted by molar-refractivity contribution is 14.1. The van der Waals surface area contributed by atoms with Crippen molar-refractivity contribution in [2.75, 3.05) is 5.32 Å². The zero-order chi connectivity index (χ0) is 14.7. The first-order valence-corrected chi connectivity index (χ1v) is 7.39. The van der Waals surface area contributed by atoms with Crippen LogP contribution in [-0.4, -0.2) is 4.92 Å². The van der Waals surface area contributed by atoms with Crippen LogP contribution in [0.5, 0.6) is 0 Å². The van der Waals surface area contributed by atoms with E-state index in [0.717, 1.165) is 11.3 Å². The Labute approximate surface area is 135 Å². The van der Waals surface area contributed by atoms with Crippen LogP contribution in [0.25, 0.3) is 0 Å². The van der Waals surface area contributed by atoms with E-state index in [-0.39, 0.29) is 16.7 Å². The summed E-state index contributed by atoms with van der Waals surface area (Å²) in [6.07, 6.45) is 0. The first kappa shape index (κ1) is 15.1. The molecular weight excluding hydrogens is 391 g/mol. The fourth-order valence-electron chi connectivity index (χ4n) is 1.90. The molecule has 0 bridgehead atoms. The molecule has 0 amide bonds. The Morgan fingerprint density at radius 2 is 2.00 bits per heavy atom. The minimum Gasteiger partial charge on any atom is -0.378 e. The number of rotatable bonds is 4. The van der Waals surface area contributed by atoms with Crippen LogP contribution in [0.3, 0.4) is 0 Å². The van der Waals surface area contributed by atoms with E-state index >= 15 is 0 Å². The number of nitro benzene ring substituents is 1. The molecule has 2 aromatic carbocycles. The maximum Gasteiger partial charge on any atom is 0.282 e. The highest BCUT2D eigenvalue weighted by Crippen LogP contribution is 2.28. The summed E-state index contributed by atoms with van der Waals surface area (Å²) < 4.78 is 0.601. The van der Waals surface area contributed by atoms with Gasteiger partial charge in [-0.15, -0.1) is 0 Å². The van der Waals surface area contributed by atoms with Crippen molar-refractivity contribution in [3.05, 3.63) is 66.7 Å². The molecule has 20 heavy (non-hydrogen) atoms. The standard InChI is InChI=1S/C14H12ClIN2O2/c1-9(11-4-2-3-5-12(11)15)17-10-6-7-14(18(19)20)13(16)8-10/h2-9,17H,1H3. The van der Waals surface area contributed by atoms with Crippen molar-refractivity contribution in [3.8, 4) is 0 Å². The lowest BCUT2D eigenvalue weighted by atomic mass is 10.1. The van der Waals surface area contributed by atoms with E-state index in [1.807, 2.05) is 53.8 Å². The van der Waals surface area contributed by atoms with Crippen LogP contribution in [0.15, 0.2) is 42.5 Å². The van der Waals surface area contributed by atoms with E-state index in [2.05, 4.69) is 5.32 Å². The van der Waals surface area contributed by atoms with Crippen LogP contribution < -0.4 is 5.32 Å². The highest BCUT2D eigenvalue weighted by atomic mass is 127. The number of halogens is 2. The number of nitrogens with one attached hydrogen (secondary N) is 1. The summed E-state index contributed by atoms with van der Waals surface area (Å²) in [4.78, 5) is 10.4. The third-order valence-corrected chi connectivity index (χ3v) is 4.11. The molecule has 0 aliphatic heterocycles. The summed E-state index contributed by atoms with van der Waals surface area (Å²) in [6, 6.07) is 12.6. The van der Waals surface area contributed by atoms with Gasteiger partial charge in [0.2, 0.25) is 0 Å². The summed E-state index contributed by atoms with van der Waals surface area (Å²) >= 11 is 8.11. The predicted octanol–water partition coefficient (Wildman–Crippen LogP) is 5.03. The van der Waals surface area contributed by atoms with E-state index in [0.29, 0.717) is 8.59 Å². The van der Waals surface area contributed by atoms with Gasteiger partial charge in [0.15, 0.2) is 0 Å². The third kappa shape index (κ3) is 3.40. The lowest BCUT2D eigenvalue weighted by Gasteiger charge is -2.17. The first-order valence-electron chi connectivity index (χ1n) is 5.94. The Morgan fingerprint density at radius 3 is 2.60 bits per heavy atom.